The lowest BCUT2D eigenvalue weighted by molar-refractivity contribution is 0.0497. The number of hydrogen-bond acceptors (Lipinski definition) is 6. The number of rotatable bonds is 6. The minimum absolute atomic E-state index is 0.387. The fourth-order valence-electron chi connectivity index (χ4n) is 3.04. The summed E-state index contributed by atoms with van der Waals surface area (Å²) in [5.41, 5.74) is 8.11. The van der Waals surface area contributed by atoms with E-state index in [-0.39, 0.29) is 0 Å². The lowest BCUT2D eigenvalue weighted by atomic mass is 10.2. The van der Waals surface area contributed by atoms with E-state index in [9.17, 15) is 4.79 Å². The van der Waals surface area contributed by atoms with Gasteiger partial charge in [0.1, 0.15) is 16.9 Å². The van der Waals surface area contributed by atoms with E-state index >= 15 is 0 Å². The number of alkyl carbamates (subject to hydrolysis) is 1. The number of ether oxygens (including phenoxy) is 2. The van der Waals surface area contributed by atoms with Gasteiger partial charge in [-0.25, -0.2) is 14.8 Å². The molecule has 2 aromatic heterocycles. The summed E-state index contributed by atoms with van der Waals surface area (Å²) < 4.78 is 12.9. The van der Waals surface area contributed by atoms with Crippen molar-refractivity contribution in [3.63, 3.8) is 0 Å². The van der Waals surface area contributed by atoms with E-state index in [4.69, 9.17) is 15.2 Å². The summed E-state index contributed by atoms with van der Waals surface area (Å²) in [5, 5.41) is 3.69. The Balaban J connectivity index is 1.61. The molecular formula is C20H27N5O3. The van der Waals surface area contributed by atoms with Crippen LogP contribution in [-0.2, 0) is 16.0 Å². The second-order valence-corrected chi connectivity index (χ2v) is 7.56. The van der Waals surface area contributed by atoms with E-state index in [0.717, 1.165) is 22.2 Å². The number of anilines is 1. The highest BCUT2D eigenvalue weighted by atomic mass is 16.6. The van der Waals surface area contributed by atoms with E-state index in [0.29, 0.717) is 37.6 Å². The molecule has 0 saturated heterocycles. The van der Waals surface area contributed by atoms with E-state index < -0.39 is 11.7 Å². The van der Waals surface area contributed by atoms with Crippen LogP contribution in [0, 0.1) is 6.92 Å². The van der Waals surface area contributed by atoms with Crippen molar-refractivity contribution in [3.8, 4) is 0 Å². The van der Waals surface area contributed by atoms with Gasteiger partial charge in [-0.1, -0.05) is 18.2 Å². The Hall–Kier alpha value is -2.87. The molecule has 28 heavy (non-hydrogen) atoms. The first-order chi connectivity index (χ1) is 13.3. The first-order valence-electron chi connectivity index (χ1n) is 9.32. The Kier molecular flexibility index (Phi) is 5.69. The zero-order valence-corrected chi connectivity index (χ0v) is 16.8. The molecule has 3 N–H and O–H groups in total. The number of carbonyl (C=O) groups is 1. The summed E-state index contributed by atoms with van der Waals surface area (Å²) in [4.78, 5) is 20.6. The quantitative estimate of drug-likeness (QED) is 0.632. The highest BCUT2D eigenvalue weighted by Crippen LogP contribution is 2.28. The molecule has 0 aliphatic rings. The molecule has 8 nitrogen and oxygen atoms in total. The van der Waals surface area contributed by atoms with E-state index in [1.54, 1.807) is 0 Å². The maximum Gasteiger partial charge on any atom is 0.407 e. The molecule has 0 radical (unpaired) electrons. The zero-order chi connectivity index (χ0) is 20.3. The van der Waals surface area contributed by atoms with Gasteiger partial charge < -0.3 is 25.1 Å². The molecule has 3 aromatic rings. The monoisotopic (exact) mass is 385 g/mol. The van der Waals surface area contributed by atoms with Gasteiger partial charge >= 0.3 is 6.09 Å². The van der Waals surface area contributed by atoms with Crippen LogP contribution >= 0.6 is 0 Å². The number of nitrogen functional groups attached to an aromatic ring is 1. The maximum absolute atomic E-state index is 11.6. The van der Waals surface area contributed by atoms with E-state index in [1.807, 2.05) is 52.0 Å². The Bertz CT molecular complexity index is 991. The smallest absolute Gasteiger partial charge is 0.407 e. The van der Waals surface area contributed by atoms with Crippen molar-refractivity contribution in [2.45, 2.75) is 39.8 Å². The van der Waals surface area contributed by atoms with Crippen LogP contribution in [0.4, 0.5) is 10.6 Å². The number of nitrogens with one attached hydrogen (secondary N) is 1. The average Bonchev–Trinajstić information content (AvgIpc) is 2.94. The highest BCUT2D eigenvalue weighted by Gasteiger charge is 2.16. The lowest BCUT2D eigenvalue weighted by Gasteiger charge is -2.19. The molecule has 0 saturated carbocycles. The van der Waals surface area contributed by atoms with Crippen molar-refractivity contribution >= 4 is 33.8 Å². The number of benzene rings is 1. The molecule has 0 unspecified atom stereocenters. The normalized spacial score (nSPS) is 11.9. The third kappa shape index (κ3) is 4.51. The van der Waals surface area contributed by atoms with Crippen molar-refractivity contribution < 1.29 is 14.3 Å². The van der Waals surface area contributed by atoms with Crippen LogP contribution in [0.5, 0.6) is 0 Å². The lowest BCUT2D eigenvalue weighted by Crippen LogP contribution is -2.34. The maximum atomic E-state index is 11.6. The number of aromatic nitrogens is 3. The molecule has 0 aliphatic carbocycles. The summed E-state index contributed by atoms with van der Waals surface area (Å²) in [7, 11) is 0. The van der Waals surface area contributed by atoms with Gasteiger partial charge in [-0.15, -0.1) is 0 Å². The molecule has 150 valence electrons. The third-order valence-electron chi connectivity index (χ3n) is 4.18. The number of pyridine rings is 1. The molecule has 0 fully saturated rings. The Morgan fingerprint density at radius 2 is 1.96 bits per heavy atom. The van der Waals surface area contributed by atoms with Gasteiger partial charge in [0.05, 0.1) is 24.2 Å². The fourth-order valence-corrected chi connectivity index (χ4v) is 3.04. The fraction of sp³-hybridized carbons (Fsp3) is 0.450. The largest absolute Gasteiger partial charge is 0.444 e. The predicted octanol–water partition coefficient (Wildman–Crippen LogP) is 3.02. The molecule has 3 rings (SSSR count). The molecular weight excluding hydrogens is 358 g/mol. The Morgan fingerprint density at radius 1 is 1.21 bits per heavy atom. The van der Waals surface area contributed by atoms with Gasteiger partial charge in [-0.05, 0) is 33.8 Å². The summed E-state index contributed by atoms with van der Waals surface area (Å²) in [6.07, 6.45) is -0.443. The first kappa shape index (κ1) is 19.9. The van der Waals surface area contributed by atoms with Crippen LogP contribution in [0.1, 0.15) is 26.6 Å². The molecule has 1 aromatic carbocycles. The molecule has 0 aliphatic heterocycles. The summed E-state index contributed by atoms with van der Waals surface area (Å²) >= 11 is 0. The second kappa shape index (κ2) is 8.02. The van der Waals surface area contributed by atoms with Crippen LogP contribution in [0.25, 0.3) is 21.9 Å². The van der Waals surface area contributed by atoms with E-state index in [1.165, 1.54) is 0 Å². The topological polar surface area (TPSA) is 104 Å². The van der Waals surface area contributed by atoms with Gasteiger partial charge in [0.25, 0.3) is 0 Å². The van der Waals surface area contributed by atoms with Gasteiger partial charge in [-0.3, -0.25) is 0 Å². The third-order valence-corrected chi connectivity index (χ3v) is 4.18. The number of fused-ring (bicyclic) bond motifs is 3. The van der Waals surface area contributed by atoms with Crippen molar-refractivity contribution in [1.29, 1.82) is 0 Å². The molecule has 0 spiro atoms. The summed E-state index contributed by atoms with van der Waals surface area (Å²) in [5.74, 6) is 1.29. The number of amides is 1. The highest BCUT2D eigenvalue weighted by molar-refractivity contribution is 6.06. The van der Waals surface area contributed by atoms with Crippen molar-refractivity contribution in [3.05, 3.63) is 30.1 Å². The summed E-state index contributed by atoms with van der Waals surface area (Å²) in [6, 6.07) is 7.88. The average molecular weight is 385 g/mol. The van der Waals surface area contributed by atoms with Crippen LogP contribution in [0.15, 0.2) is 24.3 Å². The Labute approximate surface area is 164 Å². The summed E-state index contributed by atoms with van der Waals surface area (Å²) in [6.45, 7) is 9.32. The number of nitrogens with zero attached hydrogens (tertiary/aromatic N) is 3. The van der Waals surface area contributed by atoms with Crippen molar-refractivity contribution in [1.82, 2.24) is 19.9 Å². The van der Waals surface area contributed by atoms with Gasteiger partial charge in [0.2, 0.25) is 0 Å². The van der Waals surface area contributed by atoms with Crippen molar-refractivity contribution in [2.75, 3.05) is 25.5 Å². The standard InChI is InChI=1S/C20H27N5O3/c1-13-23-16-17(14-7-5-6-8-15(14)24-18(16)21)25(13)10-12-27-11-9-22-19(26)28-20(2,3)4/h5-8H,9-12H2,1-4H3,(H2,21,24)(H,22,26). The van der Waals surface area contributed by atoms with Crippen LogP contribution < -0.4 is 11.1 Å². The van der Waals surface area contributed by atoms with Crippen molar-refractivity contribution in [2.24, 2.45) is 0 Å². The minimum Gasteiger partial charge on any atom is -0.444 e. The molecule has 1 amide bonds. The molecule has 0 atom stereocenters. The second-order valence-electron chi connectivity index (χ2n) is 7.56. The van der Waals surface area contributed by atoms with Crippen LogP contribution in [0.3, 0.4) is 0 Å². The molecule has 0 bridgehead atoms. The first-order valence-corrected chi connectivity index (χ1v) is 9.32. The van der Waals surface area contributed by atoms with Gasteiger partial charge in [-0.2, -0.15) is 0 Å². The van der Waals surface area contributed by atoms with Crippen LogP contribution in [0.2, 0.25) is 0 Å². The number of aryl methyl sites for hydroxylation is 1. The number of para-hydroxylation sites is 1. The number of carbonyl (C=O) groups excluding carboxylic acids is 1. The predicted molar refractivity (Wildman–Crippen MR) is 109 cm³/mol. The van der Waals surface area contributed by atoms with Gasteiger partial charge in [0.15, 0.2) is 5.82 Å². The van der Waals surface area contributed by atoms with Crippen LogP contribution in [-0.4, -0.2) is 46.0 Å². The number of imidazole rings is 1. The zero-order valence-electron chi connectivity index (χ0n) is 16.8. The number of nitrogens with two attached hydrogens (primary N) is 1. The van der Waals surface area contributed by atoms with E-state index in [2.05, 4.69) is 19.9 Å². The molecule has 8 heteroatoms. The minimum atomic E-state index is -0.510. The van der Waals surface area contributed by atoms with Gasteiger partial charge in [0, 0.05) is 18.5 Å². The Morgan fingerprint density at radius 3 is 2.71 bits per heavy atom. The molecule has 2 heterocycles. The number of hydrogen-bond donors (Lipinski definition) is 2. The SMILES string of the molecule is Cc1nc2c(N)nc3ccccc3c2n1CCOCCNC(=O)OC(C)(C)C.